The number of aromatic hydroxyl groups is 2. The molecule has 4 N–H and O–H groups in total. The third kappa shape index (κ3) is 5.12. The van der Waals surface area contributed by atoms with E-state index in [4.69, 9.17) is 0 Å². The fourth-order valence-electron chi connectivity index (χ4n) is 3.17. The zero-order valence-electron chi connectivity index (χ0n) is 17.0. The van der Waals surface area contributed by atoms with Gasteiger partial charge in [-0.15, -0.1) is 0 Å². The molecule has 0 bridgehead atoms. The maximum absolute atomic E-state index is 12.4. The highest BCUT2D eigenvalue weighted by Gasteiger charge is 2.21. The van der Waals surface area contributed by atoms with Gasteiger partial charge in [-0.2, -0.15) is 0 Å². The smallest absolute Gasteiger partial charge is 0.267 e. The summed E-state index contributed by atoms with van der Waals surface area (Å²) in [6, 6.07) is 7.14. The van der Waals surface area contributed by atoms with E-state index >= 15 is 0 Å². The first-order valence-corrected chi connectivity index (χ1v) is 9.23. The van der Waals surface area contributed by atoms with E-state index in [1.165, 1.54) is 0 Å². The number of hydrogen-bond donors (Lipinski definition) is 4. The molecule has 2 amide bonds. The molecule has 0 aromatic heterocycles. The third-order valence-electron chi connectivity index (χ3n) is 4.87. The van der Waals surface area contributed by atoms with Crippen molar-refractivity contribution in [1.29, 1.82) is 0 Å². The second-order valence-corrected chi connectivity index (χ2v) is 7.30. The van der Waals surface area contributed by atoms with Crippen molar-refractivity contribution in [2.75, 3.05) is 6.67 Å². The molecule has 0 aliphatic heterocycles. The lowest BCUT2D eigenvalue weighted by molar-refractivity contribution is 0.254. The van der Waals surface area contributed by atoms with Gasteiger partial charge in [0.2, 0.25) is 6.60 Å². The van der Waals surface area contributed by atoms with E-state index in [0.29, 0.717) is 0 Å². The van der Waals surface area contributed by atoms with Crippen LogP contribution in [0.25, 0.3) is 0 Å². The van der Waals surface area contributed by atoms with Crippen LogP contribution in [0.2, 0.25) is 0 Å². The molecule has 0 radical (unpaired) electrons. The molecule has 9 heteroatoms. The number of nitrogens with one attached hydrogen (secondary N) is 2. The summed E-state index contributed by atoms with van der Waals surface area (Å²) < 4.78 is 0. The topological polar surface area (TPSA) is 98.7 Å². The normalized spacial score (nSPS) is 10.3. The molecule has 0 aliphatic carbocycles. The number of aryl methyl sites for hydroxylation is 4. The molecule has 28 heavy (non-hydrogen) atoms. The molecular weight excluding hydrogens is 353 g/mol. The molecule has 144 valence electrons. The van der Waals surface area contributed by atoms with Crippen molar-refractivity contribution in [3.05, 3.63) is 46.5 Å². The van der Waals surface area contributed by atoms with Gasteiger partial charge < -0.3 is 20.8 Å². The van der Waals surface area contributed by atoms with E-state index in [0.717, 1.165) is 33.2 Å². The molecule has 2 aromatic rings. The molecule has 2 rings (SSSR count). The lowest BCUT2D eigenvalue weighted by Crippen LogP contribution is -2.50. The summed E-state index contributed by atoms with van der Waals surface area (Å²) in [5.41, 5.74) is 4.52. The van der Waals surface area contributed by atoms with Crippen LogP contribution in [0.3, 0.4) is 0 Å². The molecule has 0 saturated heterocycles. The van der Waals surface area contributed by atoms with E-state index in [1.807, 2.05) is 0 Å². The molecule has 0 fully saturated rings. The zero-order chi connectivity index (χ0) is 21.0. The van der Waals surface area contributed by atoms with E-state index in [2.05, 4.69) is 10.6 Å². The van der Waals surface area contributed by atoms with Gasteiger partial charge in [-0.25, -0.2) is 0 Å². The number of carbonyl (C=O) groups is 2. The van der Waals surface area contributed by atoms with Crippen molar-refractivity contribution in [2.45, 2.75) is 27.7 Å². The Hall–Kier alpha value is -2.83. The number of carbonyl (C=O) groups excluding carboxylic acids is 2. The minimum atomic E-state index is -0.405. The Bertz CT molecular complexity index is 872. The maximum Gasteiger partial charge on any atom is 0.267 e. The van der Waals surface area contributed by atoms with Crippen LogP contribution in [0.5, 0.6) is 11.5 Å². The highest BCUT2D eigenvalue weighted by molar-refractivity contribution is 7.27. The lowest BCUT2D eigenvalue weighted by atomic mass is 9.28. The quantitative estimate of drug-likeness (QED) is 0.417. The van der Waals surface area contributed by atoms with Crippen LogP contribution in [0.15, 0.2) is 24.3 Å². The Morgan fingerprint density at radius 3 is 1.89 bits per heavy atom. The van der Waals surface area contributed by atoms with Crippen molar-refractivity contribution >= 4 is 44.2 Å². The number of hydrogen-bond acceptors (Lipinski definition) is 4. The van der Waals surface area contributed by atoms with Crippen LogP contribution >= 0.6 is 0 Å². The summed E-state index contributed by atoms with van der Waals surface area (Å²) in [6.45, 7) is 6.80. The predicted octanol–water partition coefficient (Wildman–Crippen LogP) is -0.117. The summed E-state index contributed by atoms with van der Waals surface area (Å²) >= 11 is 0. The van der Waals surface area contributed by atoms with Crippen molar-refractivity contribution in [3.63, 3.8) is 0 Å². The first-order chi connectivity index (χ1) is 13.1. The summed E-state index contributed by atoms with van der Waals surface area (Å²) in [4.78, 5) is 24.5. The Kier molecular flexibility index (Phi) is 6.83. The van der Waals surface area contributed by atoms with Crippen LogP contribution in [0.1, 0.15) is 22.3 Å². The molecule has 0 atom stereocenters. The largest absolute Gasteiger partial charge is 0.507 e. The van der Waals surface area contributed by atoms with Crippen LogP contribution in [-0.2, 0) is 0 Å². The zero-order valence-corrected chi connectivity index (χ0v) is 17.0. The van der Waals surface area contributed by atoms with Gasteiger partial charge in [-0.1, -0.05) is 35.2 Å². The highest BCUT2D eigenvalue weighted by atomic mass is 16.3. The predicted molar refractivity (Wildman–Crippen MR) is 118 cm³/mol. The SMILES string of the molecule is BB(C(=O)NCNC(=O)Bc1cc(C)c(O)c(C)c1)c1cc(C)c(O)c(C)c1. The van der Waals surface area contributed by atoms with E-state index in [9.17, 15) is 19.8 Å². The van der Waals surface area contributed by atoms with E-state index in [1.54, 1.807) is 59.7 Å². The Balaban J connectivity index is 1.88. The Labute approximate surface area is 167 Å². The van der Waals surface area contributed by atoms with Gasteiger partial charge >= 0.3 is 0 Å². The fraction of sp³-hybridized carbons (Fsp3) is 0.263. The molecule has 2 aromatic carbocycles. The fourth-order valence-corrected chi connectivity index (χ4v) is 3.17. The Morgan fingerprint density at radius 1 is 0.929 bits per heavy atom. The average Bonchev–Trinajstić information content (AvgIpc) is 2.62. The molecule has 0 saturated carbocycles. The van der Waals surface area contributed by atoms with Crippen molar-refractivity contribution < 1.29 is 19.8 Å². The standard InChI is InChI=1S/C19H25B3N2O4/c1-10-5-14(6-11(2)16(10)25)21-18(27)23-9-24-19(28)22(20)15-7-12(3)17(26)13(4)8-15/h5-8,21,25-26H,9,20H2,1-4H3,(H,23,27)(H,24,28). The molecule has 6 nitrogen and oxygen atoms in total. The van der Waals surface area contributed by atoms with Gasteiger partial charge in [0.25, 0.3) is 7.28 Å². The number of benzene rings is 2. The second-order valence-electron chi connectivity index (χ2n) is 7.30. The van der Waals surface area contributed by atoms with Crippen molar-refractivity contribution in [2.24, 2.45) is 0 Å². The van der Waals surface area contributed by atoms with Gasteiger partial charge in [0.05, 0.1) is 14.4 Å². The number of phenolic OH excluding ortho intramolecular Hbond substituents is 2. The molecular formula is C19H25B3N2O4. The van der Waals surface area contributed by atoms with Crippen molar-refractivity contribution in [1.82, 2.24) is 10.6 Å². The summed E-state index contributed by atoms with van der Waals surface area (Å²) in [5.74, 6) is 0.0586. The van der Waals surface area contributed by atoms with Gasteiger partial charge in [-0.3, -0.25) is 9.59 Å². The van der Waals surface area contributed by atoms with Crippen molar-refractivity contribution in [3.8, 4) is 11.5 Å². The summed E-state index contributed by atoms with van der Waals surface area (Å²) in [5, 5.41) is 25.1. The van der Waals surface area contributed by atoms with Gasteiger partial charge in [0.1, 0.15) is 11.5 Å². The van der Waals surface area contributed by atoms with E-state index < -0.39 is 6.60 Å². The average molecular weight is 378 g/mol. The minimum Gasteiger partial charge on any atom is -0.507 e. The molecule has 0 heterocycles. The summed E-state index contributed by atoms with van der Waals surface area (Å²) in [6.07, 6.45) is 0. The first kappa shape index (κ1) is 21.5. The summed E-state index contributed by atoms with van der Waals surface area (Å²) in [7, 11) is 1.95. The minimum absolute atomic E-state index is 0.0358. The van der Waals surface area contributed by atoms with Gasteiger partial charge in [0, 0.05) is 0 Å². The number of phenols is 2. The van der Waals surface area contributed by atoms with Crippen LogP contribution in [0.4, 0.5) is 9.59 Å². The number of rotatable bonds is 6. The number of amides is 2. The van der Waals surface area contributed by atoms with E-state index in [-0.39, 0.29) is 37.1 Å². The first-order valence-electron chi connectivity index (χ1n) is 9.23. The monoisotopic (exact) mass is 378 g/mol. The molecule has 0 spiro atoms. The van der Waals surface area contributed by atoms with Gasteiger partial charge in [0.15, 0.2) is 11.6 Å². The maximum atomic E-state index is 12.4. The van der Waals surface area contributed by atoms with Crippen LogP contribution in [0, 0.1) is 27.7 Å². The Morgan fingerprint density at radius 2 is 1.39 bits per heavy atom. The molecule has 0 unspecified atom stereocenters. The van der Waals surface area contributed by atoms with Crippen LogP contribution < -0.4 is 21.6 Å². The lowest BCUT2D eigenvalue weighted by Gasteiger charge is -2.14. The second kappa shape index (κ2) is 8.91. The third-order valence-corrected chi connectivity index (χ3v) is 4.87. The van der Waals surface area contributed by atoms with Gasteiger partial charge in [-0.05, 0) is 49.9 Å². The highest BCUT2D eigenvalue weighted by Crippen LogP contribution is 2.19. The van der Waals surface area contributed by atoms with Crippen LogP contribution in [-0.4, -0.2) is 50.1 Å². The molecule has 0 aliphatic rings.